The maximum absolute atomic E-state index is 5.23. The van der Waals surface area contributed by atoms with Gasteiger partial charge in [0.2, 0.25) is 0 Å². The molecule has 0 atom stereocenters. The van der Waals surface area contributed by atoms with Gasteiger partial charge >= 0.3 is 0 Å². The number of H-pyrrole nitrogens is 2. The van der Waals surface area contributed by atoms with E-state index in [0.717, 1.165) is 11.3 Å². The van der Waals surface area contributed by atoms with Gasteiger partial charge in [-0.15, -0.1) is 9.90 Å². The fourth-order valence-electron chi connectivity index (χ4n) is 1.51. The van der Waals surface area contributed by atoms with Crippen molar-refractivity contribution in [3.8, 4) is 17.2 Å². The molecule has 7 heteroatoms. The second-order valence-electron chi connectivity index (χ2n) is 3.38. The Hall–Kier alpha value is -2.28. The normalized spacial score (nSPS) is 10.6. The molecule has 0 saturated carbocycles. The largest absolute Gasteiger partial charge is 0.262 e. The summed E-state index contributed by atoms with van der Waals surface area (Å²) >= 11 is 5.23. The van der Waals surface area contributed by atoms with Crippen LogP contribution in [-0.4, -0.2) is 30.2 Å². The van der Waals surface area contributed by atoms with Gasteiger partial charge in [-0.1, -0.05) is 42.5 Å². The summed E-state index contributed by atoms with van der Waals surface area (Å²) < 4.78 is 0.563. The number of benzene rings is 1. The van der Waals surface area contributed by atoms with Crippen molar-refractivity contribution in [1.82, 2.24) is 30.2 Å². The van der Waals surface area contributed by atoms with Crippen LogP contribution in [-0.2, 0) is 0 Å². The monoisotopic (exact) mass is 244 g/mol. The summed E-state index contributed by atoms with van der Waals surface area (Å²) in [6.45, 7) is 0. The Morgan fingerprint density at radius 1 is 1.18 bits per heavy atom. The third kappa shape index (κ3) is 1.76. The second-order valence-corrected chi connectivity index (χ2v) is 3.78. The molecule has 3 aromatic rings. The highest BCUT2D eigenvalue weighted by Gasteiger charge is 2.08. The molecule has 2 heterocycles. The van der Waals surface area contributed by atoms with Gasteiger partial charge < -0.3 is 0 Å². The van der Waals surface area contributed by atoms with Gasteiger partial charge in [0.05, 0.1) is 0 Å². The number of hydrogen-bond donors (Lipinski definition) is 2. The minimum absolute atomic E-state index is 0.498. The first-order chi connectivity index (χ1) is 8.34. The van der Waals surface area contributed by atoms with Gasteiger partial charge in [0.15, 0.2) is 0 Å². The van der Waals surface area contributed by atoms with E-state index in [9.17, 15) is 0 Å². The van der Waals surface area contributed by atoms with E-state index in [1.165, 1.54) is 11.1 Å². The quantitative estimate of drug-likeness (QED) is 0.673. The number of rotatable bonds is 2. The molecule has 3 rings (SSSR count). The molecule has 0 radical (unpaired) electrons. The molecule has 0 aliphatic heterocycles. The van der Waals surface area contributed by atoms with E-state index in [1.54, 1.807) is 0 Å². The van der Waals surface area contributed by atoms with Gasteiger partial charge in [-0.3, -0.25) is 5.10 Å². The average Bonchev–Trinajstić information content (AvgIpc) is 2.99. The molecule has 84 valence electrons. The van der Waals surface area contributed by atoms with Gasteiger partial charge in [0.1, 0.15) is 16.7 Å². The van der Waals surface area contributed by atoms with Crippen LogP contribution in [0.15, 0.2) is 36.7 Å². The van der Waals surface area contributed by atoms with Crippen LogP contribution in [0.5, 0.6) is 0 Å². The maximum atomic E-state index is 5.23. The van der Waals surface area contributed by atoms with Crippen molar-refractivity contribution < 1.29 is 0 Å². The third-order valence-electron chi connectivity index (χ3n) is 2.27. The molecule has 0 spiro atoms. The van der Waals surface area contributed by atoms with Crippen LogP contribution in [0.1, 0.15) is 0 Å². The van der Waals surface area contributed by atoms with Gasteiger partial charge in [-0.05, 0) is 0 Å². The van der Waals surface area contributed by atoms with Crippen LogP contribution in [0, 0.1) is 4.64 Å². The van der Waals surface area contributed by atoms with Gasteiger partial charge in [-0.25, -0.2) is 5.10 Å². The van der Waals surface area contributed by atoms with Crippen molar-refractivity contribution in [2.75, 3.05) is 0 Å². The fraction of sp³-hybridized carbons (Fsp3) is 0. The van der Waals surface area contributed by atoms with Crippen LogP contribution in [0.3, 0.4) is 0 Å². The van der Waals surface area contributed by atoms with Crippen molar-refractivity contribution in [2.45, 2.75) is 0 Å². The van der Waals surface area contributed by atoms with Crippen molar-refractivity contribution in [3.05, 3.63) is 41.3 Å². The van der Waals surface area contributed by atoms with Crippen molar-refractivity contribution in [1.29, 1.82) is 0 Å². The van der Waals surface area contributed by atoms with Crippen molar-refractivity contribution >= 4 is 12.2 Å². The Morgan fingerprint density at radius 2 is 2.00 bits per heavy atom. The van der Waals surface area contributed by atoms with Gasteiger partial charge in [-0.2, -0.15) is 10.1 Å². The Bertz CT molecular complexity index is 666. The zero-order valence-electron chi connectivity index (χ0n) is 8.66. The number of hydrogen-bond acceptors (Lipinski definition) is 4. The summed E-state index contributed by atoms with van der Waals surface area (Å²) in [6, 6.07) is 9.74. The lowest BCUT2D eigenvalue weighted by Crippen LogP contribution is -2.01. The van der Waals surface area contributed by atoms with Gasteiger partial charge in [0, 0.05) is 5.56 Å². The number of aromatic nitrogens is 6. The molecule has 2 aromatic heterocycles. The molecular formula is C10H8N6S. The molecular weight excluding hydrogens is 236 g/mol. The van der Waals surface area contributed by atoms with E-state index in [0.29, 0.717) is 10.6 Å². The fourth-order valence-corrected chi connectivity index (χ4v) is 1.75. The lowest BCUT2D eigenvalue weighted by Gasteiger charge is -1.94. The molecule has 0 bridgehead atoms. The van der Waals surface area contributed by atoms with Crippen LogP contribution in [0.4, 0.5) is 0 Å². The van der Waals surface area contributed by atoms with Crippen LogP contribution in [0.2, 0.25) is 0 Å². The molecule has 0 aliphatic carbocycles. The first-order valence-corrected chi connectivity index (χ1v) is 5.36. The van der Waals surface area contributed by atoms with E-state index in [4.69, 9.17) is 12.2 Å². The lowest BCUT2D eigenvalue weighted by molar-refractivity contribution is 0.706. The Morgan fingerprint density at radius 3 is 2.71 bits per heavy atom. The molecule has 0 amide bonds. The van der Waals surface area contributed by atoms with E-state index < -0.39 is 0 Å². The summed E-state index contributed by atoms with van der Waals surface area (Å²) in [5, 5.41) is 13.7. The van der Waals surface area contributed by atoms with Crippen LogP contribution in [0.25, 0.3) is 17.2 Å². The SMILES string of the molecule is S=c1[nH]n(-c2ncn[nH]2)nc1-c1ccccc1. The van der Waals surface area contributed by atoms with Crippen LogP contribution < -0.4 is 0 Å². The number of nitrogens with one attached hydrogen (secondary N) is 2. The summed E-state index contributed by atoms with van der Waals surface area (Å²) in [6.07, 6.45) is 1.41. The molecule has 0 unspecified atom stereocenters. The summed E-state index contributed by atoms with van der Waals surface area (Å²) in [4.78, 5) is 5.46. The molecule has 6 nitrogen and oxygen atoms in total. The first kappa shape index (κ1) is 9.91. The second kappa shape index (κ2) is 3.95. The number of aromatic amines is 2. The highest BCUT2D eigenvalue weighted by atomic mass is 32.1. The molecule has 17 heavy (non-hydrogen) atoms. The third-order valence-corrected chi connectivity index (χ3v) is 2.56. The van der Waals surface area contributed by atoms with E-state index in [2.05, 4.69) is 25.4 Å². The predicted octanol–water partition coefficient (Wildman–Crippen LogP) is 1.71. The minimum Gasteiger partial charge on any atom is -0.262 e. The molecule has 0 aliphatic rings. The van der Waals surface area contributed by atoms with E-state index in [1.807, 2.05) is 30.3 Å². The Labute approximate surface area is 101 Å². The number of nitrogens with zero attached hydrogens (tertiary/aromatic N) is 4. The predicted molar refractivity (Wildman–Crippen MR) is 64.1 cm³/mol. The highest BCUT2D eigenvalue weighted by Crippen LogP contribution is 2.17. The summed E-state index contributed by atoms with van der Waals surface area (Å²) in [5.41, 5.74) is 1.68. The Kier molecular flexibility index (Phi) is 2.30. The van der Waals surface area contributed by atoms with E-state index in [-0.39, 0.29) is 0 Å². The smallest absolute Gasteiger partial charge is 0.262 e. The first-order valence-electron chi connectivity index (χ1n) is 4.95. The summed E-state index contributed by atoms with van der Waals surface area (Å²) in [7, 11) is 0. The zero-order valence-corrected chi connectivity index (χ0v) is 9.48. The lowest BCUT2D eigenvalue weighted by atomic mass is 10.2. The van der Waals surface area contributed by atoms with Crippen molar-refractivity contribution in [2.24, 2.45) is 0 Å². The van der Waals surface area contributed by atoms with Gasteiger partial charge in [0.25, 0.3) is 5.95 Å². The Balaban J connectivity index is 2.12. The standard InChI is InChI=1S/C10H8N6S/c17-9-8(7-4-2-1-3-5-7)14-16(15-9)10-11-6-12-13-10/h1-6H,(H,15,17)(H,11,12,13). The minimum atomic E-state index is 0.498. The summed E-state index contributed by atoms with van der Waals surface area (Å²) in [5.74, 6) is 0.498. The maximum Gasteiger partial charge on any atom is 0.262 e. The highest BCUT2D eigenvalue weighted by molar-refractivity contribution is 7.71. The molecule has 2 N–H and O–H groups in total. The van der Waals surface area contributed by atoms with Crippen molar-refractivity contribution in [3.63, 3.8) is 0 Å². The van der Waals surface area contributed by atoms with E-state index >= 15 is 0 Å². The van der Waals surface area contributed by atoms with Crippen LogP contribution >= 0.6 is 12.2 Å². The topological polar surface area (TPSA) is 75.2 Å². The molecule has 0 saturated heterocycles. The average molecular weight is 244 g/mol. The molecule has 0 fully saturated rings. The molecule has 1 aromatic carbocycles. The zero-order chi connectivity index (χ0) is 11.7.